The van der Waals surface area contributed by atoms with Crippen LogP contribution in [0.3, 0.4) is 0 Å². The summed E-state index contributed by atoms with van der Waals surface area (Å²) in [7, 11) is 0. The van der Waals surface area contributed by atoms with Crippen molar-refractivity contribution in [1.29, 1.82) is 0 Å². The minimum Gasteiger partial charge on any atom is -0.377 e. The molecule has 86 valence electrons. The highest BCUT2D eigenvalue weighted by atomic mass is 19.4. The van der Waals surface area contributed by atoms with Gasteiger partial charge in [0, 0.05) is 24.9 Å². The van der Waals surface area contributed by atoms with Crippen LogP contribution < -0.4 is 0 Å². The number of rotatable bonds is 4. The Balaban J connectivity index is 2.95. The monoisotopic (exact) mass is 222 g/mol. The van der Waals surface area contributed by atoms with E-state index in [2.05, 4.69) is 5.10 Å². The Hall–Kier alpha value is -1.04. The summed E-state index contributed by atoms with van der Waals surface area (Å²) in [5.41, 5.74) is -0.760. The second-order valence-corrected chi connectivity index (χ2v) is 2.99. The van der Waals surface area contributed by atoms with Gasteiger partial charge in [-0.05, 0) is 13.8 Å². The second kappa shape index (κ2) is 4.65. The Morgan fingerprint density at radius 1 is 1.40 bits per heavy atom. The molecule has 0 aliphatic carbocycles. The lowest BCUT2D eigenvalue weighted by Gasteiger charge is -2.05. The van der Waals surface area contributed by atoms with E-state index < -0.39 is 11.9 Å². The van der Waals surface area contributed by atoms with Gasteiger partial charge in [0.2, 0.25) is 0 Å². The zero-order valence-electron chi connectivity index (χ0n) is 8.64. The lowest BCUT2D eigenvalue weighted by atomic mass is 10.2. The third kappa shape index (κ3) is 2.95. The van der Waals surface area contributed by atoms with Crippen LogP contribution >= 0.6 is 0 Å². The number of hydrogen-bond acceptors (Lipinski definition) is 2. The van der Waals surface area contributed by atoms with Crippen molar-refractivity contribution in [3.05, 3.63) is 17.5 Å². The van der Waals surface area contributed by atoms with E-state index in [1.807, 2.05) is 0 Å². The van der Waals surface area contributed by atoms with Gasteiger partial charge in [0.05, 0.1) is 6.61 Å². The molecule has 0 amide bonds. The average Bonchev–Trinajstić information content (AvgIpc) is 2.57. The maximum absolute atomic E-state index is 12.5. The third-order valence-corrected chi connectivity index (χ3v) is 1.89. The standard InChI is InChI=1S/C9H13F3N2O/c1-3-14-5-7(6-15-4-2)8(13-14)9(10,11)12/h5H,3-4,6H2,1-2H3. The van der Waals surface area contributed by atoms with Gasteiger partial charge in [-0.15, -0.1) is 0 Å². The third-order valence-electron chi connectivity index (χ3n) is 1.89. The van der Waals surface area contributed by atoms with Crippen LogP contribution in [0.2, 0.25) is 0 Å². The Kier molecular flexibility index (Phi) is 3.73. The maximum Gasteiger partial charge on any atom is 0.435 e. The molecule has 0 N–H and O–H groups in total. The minimum atomic E-state index is -4.41. The molecule has 15 heavy (non-hydrogen) atoms. The molecule has 1 heterocycles. The number of hydrogen-bond donors (Lipinski definition) is 0. The molecule has 1 aromatic rings. The predicted molar refractivity (Wildman–Crippen MR) is 48.2 cm³/mol. The van der Waals surface area contributed by atoms with E-state index in [0.29, 0.717) is 13.2 Å². The first-order valence-corrected chi connectivity index (χ1v) is 4.70. The summed E-state index contributed by atoms with van der Waals surface area (Å²) in [6.07, 6.45) is -3.04. The fraction of sp³-hybridized carbons (Fsp3) is 0.667. The summed E-state index contributed by atoms with van der Waals surface area (Å²) in [5, 5.41) is 3.46. The molecule has 0 saturated heterocycles. The van der Waals surface area contributed by atoms with E-state index in [1.54, 1.807) is 13.8 Å². The van der Waals surface area contributed by atoms with Crippen LogP contribution in [-0.4, -0.2) is 16.4 Å². The highest BCUT2D eigenvalue weighted by molar-refractivity contribution is 5.19. The number of ether oxygens (including phenoxy) is 1. The van der Waals surface area contributed by atoms with Gasteiger partial charge in [-0.2, -0.15) is 18.3 Å². The molecule has 1 rings (SSSR count). The fourth-order valence-electron chi connectivity index (χ4n) is 1.18. The minimum absolute atomic E-state index is 0.0503. The molecule has 0 bridgehead atoms. The molecule has 1 aromatic heterocycles. The zero-order valence-corrected chi connectivity index (χ0v) is 8.64. The number of halogens is 3. The van der Waals surface area contributed by atoms with Gasteiger partial charge in [-0.1, -0.05) is 0 Å². The van der Waals surface area contributed by atoms with Crippen LogP contribution in [0.1, 0.15) is 25.1 Å². The first-order chi connectivity index (χ1) is 6.99. The van der Waals surface area contributed by atoms with Gasteiger partial charge < -0.3 is 4.74 Å². The van der Waals surface area contributed by atoms with Gasteiger partial charge in [0.25, 0.3) is 0 Å². The molecule has 0 fully saturated rings. The van der Waals surface area contributed by atoms with Crippen LogP contribution in [-0.2, 0) is 24.1 Å². The van der Waals surface area contributed by atoms with Gasteiger partial charge in [-0.25, -0.2) is 0 Å². The van der Waals surface area contributed by atoms with Crippen molar-refractivity contribution in [3.63, 3.8) is 0 Å². The Morgan fingerprint density at radius 2 is 2.07 bits per heavy atom. The van der Waals surface area contributed by atoms with Crippen molar-refractivity contribution in [1.82, 2.24) is 9.78 Å². The molecule has 0 atom stereocenters. The van der Waals surface area contributed by atoms with Crippen molar-refractivity contribution in [2.45, 2.75) is 33.2 Å². The summed E-state index contributed by atoms with van der Waals surface area (Å²) in [6.45, 7) is 4.21. The van der Waals surface area contributed by atoms with Crippen molar-refractivity contribution in [3.8, 4) is 0 Å². The highest BCUT2D eigenvalue weighted by Gasteiger charge is 2.36. The quantitative estimate of drug-likeness (QED) is 0.782. The van der Waals surface area contributed by atoms with Crippen LogP contribution in [0.4, 0.5) is 13.2 Å². The first kappa shape index (κ1) is 12.0. The van der Waals surface area contributed by atoms with Crippen LogP contribution in [0.5, 0.6) is 0 Å². The molecule has 0 aliphatic rings. The van der Waals surface area contributed by atoms with Crippen molar-refractivity contribution in [2.24, 2.45) is 0 Å². The van der Waals surface area contributed by atoms with Crippen LogP contribution in [0.15, 0.2) is 6.20 Å². The van der Waals surface area contributed by atoms with E-state index in [4.69, 9.17) is 4.74 Å². The van der Waals surface area contributed by atoms with Crippen LogP contribution in [0.25, 0.3) is 0 Å². The first-order valence-electron chi connectivity index (χ1n) is 4.70. The molecule has 0 unspecified atom stereocenters. The Labute approximate surface area is 85.8 Å². The highest BCUT2D eigenvalue weighted by Crippen LogP contribution is 2.30. The lowest BCUT2D eigenvalue weighted by molar-refractivity contribution is -0.142. The lowest BCUT2D eigenvalue weighted by Crippen LogP contribution is -2.10. The molecule has 0 spiro atoms. The van der Waals surface area contributed by atoms with Gasteiger partial charge in [-0.3, -0.25) is 4.68 Å². The molecular weight excluding hydrogens is 209 g/mol. The summed E-state index contributed by atoms with van der Waals surface area (Å²) in [5.74, 6) is 0. The summed E-state index contributed by atoms with van der Waals surface area (Å²) in [6, 6.07) is 0. The van der Waals surface area contributed by atoms with E-state index in [0.717, 1.165) is 0 Å². The SMILES string of the molecule is CCOCc1cn(CC)nc1C(F)(F)F. The van der Waals surface area contributed by atoms with Gasteiger partial charge >= 0.3 is 6.18 Å². The number of aryl methyl sites for hydroxylation is 1. The van der Waals surface area contributed by atoms with Gasteiger partial charge in [0.1, 0.15) is 0 Å². The zero-order chi connectivity index (χ0) is 11.5. The number of aromatic nitrogens is 2. The second-order valence-electron chi connectivity index (χ2n) is 2.99. The van der Waals surface area contributed by atoms with E-state index in [1.165, 1.54) is 10.9 Å². The number of nitrogens with zero attached hydrogens (tertiary/aromatic N) is 2. The summed E-state index contributed by atoms with van der Waals surface area (Å²) >= 11 is 0. The Bertz CT molecular complexity index is 320. The Morgan fingerprint density at radius 3 is 2.53 bits per heavy atom. The van der Waals surface area contributed by atoms with Crippen molar-refractivity contribution < 1.29 is 17.9 Å². The molecule has 0 radical (unpaired) electrons. The van der Waals surface area contributed by atoms with Crippen LogP contribution in [0, 0.1) is 0 Å². The molecule has 0 saturated carbocycles. The fourth-order valence-corrected chi connectivity index (χ4v) is 1.18. The predicted octanol–water partition coefficient (Wildman–Crippen LogP) is 2.46. The van der Waals surface area contributed by atoms with Crippen molar-refractivity contribution >= 4 is 0 Å². The van der Waals surface area contributed by atoms with E-state index in [9.17, 15) is 13.2 Å². The molecule has 3 nitrogen and oxygen atoms in total. The maximum atomic E-state index is 12.5. The topological polar surface area (TPSA) is 27.1 Å². The molecule has 0 aromatic carbocycles. The summed E-state index contributed by atoms with van der Waals surface area (Å²) in [4.78, 5) is 0. The molecule has 6 heteroatoms. The normalized spacial score (nSPS) is 12.1. The molecular formula is C9H13F3N2O. The number of alkyl halides is 3. The van der Waals surface area contributed by atoms with E-state index in [-0.39, 0.29) is 12.2 Å². The largest absolute Gasteiger partial charge is 0.435 e. The summed E-state index contributed by atoms with van der Waals surface area (Å²) < 4.78 is 43.7. The molecule has 0 aliphatic heterocycles. The average molecular weight is 222 g/mol. The van der Waals surface area contributed by atoms with E-state index >= 15 is 0 Å². The smallest absolute Gasteiger partial charge is 0.377 e. The van der Waals surface area contributed by atoms with Gasteiger partial charge in [0.15, 0.2) is 5.69 Å². The van der Waals surface area contributed by atoms with Crippen molar-refractivity contribution in [2.75, 3.05) is 6.61 Å².